The summed E-state index contributed by atoms with van der Waals surface area (Å²) in [5, 5.41) is 16.9. The van der Waals surface area contributed by atoms with Crippen LogP contribution in [0.15, 0.2) is 0 Å². The second-order valence-corrected chi connectivity index (χ2v) is 5.68. The highest BCUT2D eigenvalue weighted by molar-refractivity contribution is 7.17. The molecule has 0 aromatic carbocycles. The van der Waals surface area contributed by atoms with Gasteiger partial charge in [-0.1, -0.05) is 11.3 Å². The molecule has 0 fully saturated rings. The first-order valence-electron chi connectivity index (χ1n) is 6.29. The van der Waals surface area contributed by atoms with Crippen molar-refractivity contribution in [1.82, 2.24) is 14.8 Å². The van der Waals surface area contributed by atoms with Crippen LogP contribution in [0.25, 0.3) is 0 Å². The standard InChI is InChI=1S/C13H16N4O3S/c1-6-9(7(2)17(4)16-6)5-14-13-15-10(12(19)20)11(21-13)8(3)18/h5H2,1-4H3,(H,14,15)(H,19,20). The second kappa shape index (κ2) is 5.65. The number of carbonyl (C=O) groups excluding carboxylic acids is 1. The number of nitrogens with zero attached hydrogens (tertiary/aromatic N) is 3. The van der Waals surface area contributed by atoms with Crippen LogP contribution < -0.4 is 5.32 Å². The van der Waals surface area contributed by atoms with Crippen molar-refractivity contribution in [3.05, 3.63) is 27.5 Å². The molecule has 21 heavy (non-hydrogen) atoms. The maximum Gasteiger partial charge on any atom is 0.356 e. The number of carboxylic acid groups (broad SMARTS) is 1. The first-order chi connectivity index (χ1) is 9.81. The highest BCUT2D eigenvalue weighted by atomic mass is 32.1. The third-order valence-corrected chi connectivity index (χ3v) is 4.34. The first kappa shape index (κ1) is 15.2. The van der Waals surface area contributed by atoms with Gasteiger partial charge in [-0.15, -0.1) is 0 Å². The van der Waals surface area contributed by atoms with Gasteiger partial charge in [0.15, 0.2) is 16.6 Å². The summed E-state index contributed by atoms with van der Waals surface area (Å²) < 4.78 is 1.79. The molecule has 112 valence electrons. The van der Waals surface area contributed by atoms with E-state index >= 15 is 0 Å². The van der Waals surface area contributed by atoms with Gasteiger partial charge >= 0.3 is 5.97 Å². The van der Waals surface area contributed by atoms with Gasteiger partial charge in [0.1, 0.15) is 4.88 Å². The van der Waals surface area contributed by atoms with Crippen molar-refractivity contribution in [1.29, 1.82) is 0 Å². The summed E-state index contributed by atoms with van der Waals surface area (Å²) >= 11 is 1.05. The van der Waals surface area contributed by atoms with E-state index in [1.54, 1.807) is 4.68 Å². The molecule has 2 heterocycles. The molecule has 0 aliphatic rings. The number of hydrogen-bond acceptors (Lipinski definition) is 6. The number of anilines is 1. The highest BCUT2D eigenvalue weighted by Crippen LogP contribution is 2.25. The molecule has 0 saturated heterocycles. The molecule has 0 aliphatic carbocycles. The van der Waals surface area contributed by atoms with Gasteiger partial charge < -0.3 is 10.4 Å². The van der Waals surface area contributed by atoms with Crippen LogP contribution in [0.1, 0.15) is 44.0 Å². The summed E-state index contributed by atoms with van der Waals surface area (Å²) in [4.78, 5) is 26.6. The predicted octanol–water partition coefficient (Wildman–Crippen LogP) is 2.01. The molecule has 0 unspecified atom stereocenters. The summed E-state index contributed by atoms with van der Waals surface area (Å²) in [6, 6.07) is 0. The zero-order valence-corrected chi connectivity index (χ0v) is 13.0. The van der Waals surface area contributed by atoms with E-state index in [0.717, 1.165) is 28.3 Å². The lowest BCUT2D eigenvalue weighted by molar-refractivity contribution is 0.0687. The Morgan fingerprint density at radius 3 is 2.48 bits per heavy atom. The zero-order chi connectivity index (χ0) is 15.7. The Bertz CT molecular complexity index is 686. The topological polar surface area (TPSA) is 97.1 Å². The van der Waals surface area contributed by atoms with E-state index in [1.807, 2.05) is 20.9 Å². The summed E-state index contributed by atoms with van der Waals surface area (Å²) in [6.07, 6.45) is 0. The van der Waals surface area contributed by atoms with Crippen molar-refractivity contribution in [3.63, 3.8) is 0 Å². The number of rotatable bonds is 5. The van der Waals surface area contributed by atoms with Crippen molar-refractivity contribution in [3.8, 4) is 0 Å². The molecular weight excluding hydrogens is 292 g/mol. The van der Waals surface area contributed by atoms with E-state index in [1.165, 1.54) is 6.92 Å². The summed E-state index contributed by atoms with van der Waals surface area (Å²) in [5.74, 6) is -1.50. The Labute approximate surface area is 125 Å². The molecule has 2 N–H and O–H groups in total. The lowest BCUT2D eigenvalue weighted by Crippen LogP contribution is -2.05. The quantitative estimate of drug-likeness (QED) is 0.820. The van der Waals surface area contributed by atoms with Crippen LogP contribution in [-0.4, -0.2) is 31.6 Å². The Morgan fingerprint density at radius 2 is 2.05 bits per heavy atom. The van der Waals surface area contributed by atoms with E-state index in [0.29, 0.717) is 11.7 Å². The van der Waals surface area contributed by atoms with Gasteiger partial charge in [0.2, 0.25) is 0 Å². The van der Waals surface area contributed by atoms with E-state index in [9.17, 15) is 9.59 Å². The van der Waals surface area contributed by atoms with Crippen LogP contribution in [0.2, 0.25) is 0 Å². The molecule has 0 spiro atoms. The fourth-order valence-corrected chi connectivity index (χ4v) is 2.86. The minimum Gasteiger partial charge on any atom is -0.476 e. The number of carboxylic acids is 1. The second-order valence-electron chi connectivity index (χ2n) is 4.68. The minimum absolute atomic E-state index is 0.157. The maximum atomic E-state index is 11.4. The van der Waals surface area contributed by atoms with E-state index in [-0.39, 0.29) is 16.4 Å². The number of nitrogens with one attached hydrogen (secondary N) is 1. The van der Waals surface area contributed by atoms with Crippen LogP contribution in [0.5, 0.6) is 0 Å². The third kappa shape index (κ3) is 2.94. The number of ketones is 1. The van der Waals surface area contributed by atoms with Crippen molar-refractivity contribution in [2.24, 2.45) is 7.05 Å². The van der Waals surface area contributed by atoms with E-state index in [2.05, 4.69) is 15.4 Å². The minimum atomic E-state index is -1.20. The molecule has 2 rings (SSSR count). The van der Waals surface area contributed by atoms with Gasteiger partial charge in [-0.25, -0.2) is 9.78 Å². The van der Waals surface area contributed by atoms with Crippen LogP contribution >= 0.6 is 11.3 Å². The van der Waals surface area contributed by atoms with Crippen LogP contribution in [0.3, 0.4) is 0 Å². The van der Waals surface area contributed by atoms with Gasteiger partial charge in [-0.3, -0.25) is 9.48 Å². The molecule has 2 aromatic heterocycles. The molecule has 8 heteroatoms. The zero-order valence-electron chi connectivity index (χ0n) is 12.2. The van der Waals surface area contributed by atoms with Crippen LogP contribution in [0.4, 0.5) is 5.13 Å². The van der Waals surface area contributed by atoms with Crippen molar-refractivity contribution < 1.29 is 14.7 Å². The SMILES string of the molecule is CC(=O)c1sc(NCc2c(C)nn(C)c2C)nc1C(=O)O. The predicted molar refractivity (Wildman–Crippen MR) is 79.1 cm³/mol. The van der Waals surface area contributed by atoms with Gasteiger partial charge in [-0.05, 0) is 13.8 Å². The number of Topliss-reactive ketones (excluding diaryl/α,β-unsaturated/α-hetero) is 1. The fourth-order valence-electron chi connectivity index (χ4n) is 2.02. The lowest BCUT2D eigenvalue weighted by atomic mass is 10.2. The molecule has 0 amide bonds. The van der Waals surface area contributed by atoms with Crippen LogP contribution in [-0.2, 0) is 13.6 Å². The van der Waals surface area contributed by atoms with Gasteiger partial charge in [0, 0.05) is 31.8 Å². The monoisotopic (exact) mass is 308 g/mol. The molecule has 0 bridgehead atoms. The van der Waals surface area contributed by atoms with Crippen molar-refractivity contribution in [2.45, 2.75) is 27.3 Å². The highest BCUT2D eigenvalue weighted by Gasteiger charge is 2.20. The maximum absolute atomic E-state index is 11.4. The van der Waals surface area contributed by atoms with Gasteiger partial charge in [-0.2, -0.15) is 5.10 Å². The Kier molecular flexibility index (Phi) is 4.08. The molecule has 0 radical (unpaired) electrons. The molecule has 0 aliphatic heterocycles. The van der Waals surface area contributed by atoms with Crippen molar-refractivity contribution >= 4 is 28.2 Å². The normalized spacial score (nSPS) is 10.7. The van der Waals surface area contributed by atoms with Crippen molar-refractivity contribution in [2.75, 3.05) is 5.32 Å². The Hall–Kier alpha value is -2.22. The Morgan fingerprint density at radius 1 is 1.38 bits per heavy atom. The Balaban J connectivity index is 2.23. The van der Waals surface area contributed by atoms with Gasteiger partial charge in [0.05, 0.1) is 5.69 Å². The number of hydrogen-bond donors (Lipinski definition) is 2. The average molecular weight is 308 g/mol. The number of thiazole rings is 1. The summed E-state index contributed by atoms with van der Waals surface area (Å²) in [5.41, 5.74) is 2.77. The molecule has 7 nitrogen and oxygen atoms in total. The molecule has 2 aromatic rings. The largest absolute Gasteiger partial charge is 0.476 e. The van der Waals surface area contributed by atoms with Crippen LogP contribution in [0, 0.1) is 13.8 Å². The first-order valence-corrected chi connectivity index (χ1v) is 7.11. The summed E-state index contributed by atoms with van der Waals surface area (Å²) in [7, 11) is 1.87. The van der Waals surface area contributed by atoms with E-state index < -0.39 is 5.97 Å². The average Bonchev–Trinajstić information content (AvgIpc) is 2.91. The molecular formula is C13H16N4O3S. The number of aromatic nitrogens is 3. The lowest BCUT2D eigenvalue weighted by Gasteiger charge is -2.03. The third-order valence-electron chi connectivity index (χ3n) is 3.22. The number of carbonyl (C=O) groups is 2. The van der Waals surface area contributed by atoms with E-state index in [4.69, 9.17) is 5.11 Å². The fraction of sp³-hybridized carbons (Fsp3) is 0.385. The molecule has 0 saturated carbocycles. The smallest absolute Gasteiger partial charge is 0.356 e. The number of aromatic carboxylic acids is 1. The molecule has 0 atom stereocenters. The summed E-state index contributed by atoms with van der Waals surface area (Å²) in [6.45, 7) is 5.69. The van der Waals surface area contributed by atoms with Gasteiger partial charge in [0.25, 0.3) is 0 Å². The number of aryl methyl sites for hydroxylation is 2.